The van der Waals surface area contributed by atoms with E-state index in [0.29, 0.717) is 0 Å². The number of aryl methyl sites for hydroxylation is 2. The van der Waals surface area contributed by atoms with Gasteiger partial charge in [0.25, 0.3) is 0 Å². The highest BCUT2D eigenvalue weighted by Crippen LogP contribution is 2.34. The molecule has 0 spiro atoms. The van der Waals surface area contributed by atoms with Crippen LogP contribution in [-0.2, 0) is 12.8 Å². The van der Waals surface area contributed by atoms with Crippen molar-refractivity contribution >= 4 is 11.4 Å². The third-order valence-electron chi connectivity index (χ3n) is 3.23. The van der Waals surface area contributed by atoms with Gasteiger partial charge >= 0.3 is 0 Å². The SMILES string of the molecule is N#CN1c2ccccc2CCc2ccccc21. The first kappa shape index (κ1) is 9.92. The highest BCUT2D eigenvalue weighted by Gasteiger charge is 2.19. The van der Waals surface area contributed by atoms with Gasteiger partial charge in [0.05, 0.1) is 11.4 Å². The van der Waals surface area contributed by atoms with Gasteiger partial charge in [-0.25, -0.2) is 4.90 Å². The summed E-state index contributed by atoms with van der Waals surface area (Å²) in [6.45, 7) is 0. The molecule has 1 aliphatic rings. The van der Waals surface area contributed by atoms with Gasteiger partial charge in [0.2, 0.25) is 0 Å². The first-order valence-corrected chi connectivity index (χ1v) is 5.76. The van der Waals surface area contributed by atoms with Crippen LogP contribution in [0.1, 0.15) is 11.1 Å². The van der Waals surface area contributed by atoms with Crippen molar-refractivity contribution in [3.8, 4) is 6.19 Å². The zero-order valence-corrected chi connectivity index (χ0v) is 9.43. The van der Waals surface area contributed by atoms with Crippen molar-refractivity contribution in [2.75, 3.05) is 4.90 Å². The summed E-state index contributed by atoms with van der Waals surface area (Å²) in [5, 5.41) is 9.39. The minimum Gasteiger partial charge on any atom is -0.247 e. The molecule has 2 heteroatoms. The summed E-state index contributed by atoms with van der Waals surface area (Å²) >= 11 is 0. The molecule has 0 aromatic heterocycles. The fraction of sp³-hybridized carbons (Fsp3) is 0.133. The van der Waals surface area contributed by atoms with Crippen LogP contribution in [0.4, 0.5) is 11.4 Å². The Kier molecular flexibility index (Phi) is 2.31. The van der Waals surface area contributed by atoms with E-state index < -0.39 is 0 Å². The summed E-state index contributed by atoms with van der Waals surface area (Å²) in [5.41, 5.74) is 4.51. The van der Waals surface area contributed by atoms with Crippen LogP contribution in [0.25, 0.3) is 0 Å². The molecule has 0 saturated heterocycles. The van der Waals surface area contributed by atoms with Crippen molar-refractivity contribution in [3.63, 3.8) is 0 Å². The van der Waals surface area contributed by atoms with Crippen molar-refractivity contribution in [3.05, 3.63) is 59.7 Å². The highest BCUT2D eigenvalue weighted by atomic mass is 15.1. The molecule has 0 fully saturated rings. The van der Waals surface area contributed by atoms with Crippen molar-refractivity contribution < 1.29 is 0 Å². The molecule has 0 radical (unpaired) electrons. The maximum atomic E-state index is 9.39. The Bertz CT molecular complexity index is 548. The van der Waals surface area contributed by atoms with Crippen LogP contribution in [0.5, 0.6) is 0 Å². The average Bonchev–Trinajstić information content (AvgIpc) is 2.55. The summed E-state index contributed by atoms with van der Waals surface area (Å²) in [6, 6.07) is 16.3. The third-order valence-corrected chi connectivity index (χ3v) is 3.23. The lowest BCUT2D eigenvalue weighted by Crippen LogP contribution is -2.10. The van der Waals surface area contributed by atoms with E-state index >= 15 is 0 Å². The number of fused-ring (bicyclic) bond motifs is 2. The normalized spacial score (nSPS) is 13.2. The van der Waals surface area contributed by atoms with Crippen LogP contribution in [0.3, 0.4) is 0 Å². The van der Waals surface area contributed by atoms with Crippen LogP contribution in [0.15, 0.2) is 48.5 Å². The van der Waals surface area contributed by atoms with Gasteiger partial charge in [-0.2, -0.15) is 5.26 Å². The predicted molar refractivity (Wildman–Crippen MR) is 68.0 cm³/mol. The Balaban J connectivity index is 2.23. The van der Waals surface area contributed by atoms with Crippen molar-refractivity contribution in [2.24, 2.45) is 0 Å². The van der Waals surface area contributed by atoms with Crippen LogP contribution < -0.4 is 4.90 Å². The number of hydrogen-bond acceptors (Lipinski definition) is 2. The second kappa shape index (κ2) is 3.95. The van der Waals surface area contributed by atoms with Crippen LogP contribution >= 0.6 is 0 Å². The summed E-state index contributed by atoms with van der Waals surface area (Å²) in [6.07, 6.45) is 4.27. The van der Waals surface area contributed by atoms with Gasteiger partial charge in [-0.3, -0.25) is 0 Å². The predicted octanol–water partition coefficient (Wildman–Crippen LogP) is 3.40. The van der Waals surface area contributed by atoms with Gasteiger partial charge in [0.1, 0.15) is 0 Å². The molecule has 2 nitrogen and oxygen atoms in total. The lowest BCUT2D eigenvalue weighted by atomic mass is 10.0. The molecule has 0 aliphatic carbocycles. The van der Waals surface area contributed by atoms with Crippen molar-refractivity contribution in [1.29, 1.82) is 5.26 Å². The number of anilines is 2. The van der Waals surface area contributed by atoms with E-state index in [1.54, 1.807) is 4.90 Å². The molecule has 2 aromatic rings. The maximum Gasteiger partial charge on any atom is 0.189 e. The maximum absolute atomic E-state index is 9.39. The molecule has 0 bridgehead atoms. The lowest BCUT2D eigenvalue weighted by Gasteiger charge is -2.17. The smallest absolute Gasteiger partial charge is 0.189 e. The number of para-hydroxylation sites is 2. The first-order chi connectivity index (χ1) is 8.40. The zero-order chi connectivity index (χ0) is 11.7. The van der Waals surface area contributed by atoms with Crippen LogP contribution in [-0.4, -0.2) is 0 Å². The van der Waals surface area contributed by atoms with Crippen molar-refractivity contribution in [2.45, 2.75) is 12.8 Å². The number of nitriles is 1. The molecule has 2 aromatic carbocycles. The van der Waals surface area contributed by atoms with E-state index in [1.807, 2.05) is 36.4 Å². The van der Waals surface area contributed by atoms with Gasteiger partial charge in [0, 0.05) is 0 Å². The molecular weight excluding hydrogens is 208 g/mol. The molecule has 17 heavy (non-hydrogen) atoms. The monoisotopic (exact) mass is 220 g/mol. The van der Waals surface area contributed by atoms with Gasteiger partial charge in [0.15, 0.2) is 6.19 Å². The second-order valence-corrected chi connectivity index (χ2v) is 4.19. The zero-order valence-electron chi connectivity index (χ0n) is 9.43. The average molecular weight is 220 g/mol. The fourth-order valence-electron chi connectivity index (χ4n) is 2.39. The molecule has 0 amide bonds. The lowest BCUT2D eigenvalue weighted by molar-refractivity contribution is 0.977. The summed E-state index contributed by atoms with van der Waals surface area (Å²) in [5.74, 6) is 0. The van der Waals surface area contributed by atoms with Gasteiger partial charge in [-0.1, -0.05) is 36.4 Å². The fourth-order valence-corrected chi connectivity index (χ4v) is 2.39. The Morgan fingerprint density at radius 3 is 1.76 bits per heavy atom. The summed E-state index contributed by atoms with van der Waals surface area (Å²) in [4.78, 5) is 1.73. The van der Waals surface area contributed by atoms with Gasteiger partial charge in [-0.15, -0.1) is 0 Å². The molecule has 0 atom stereocenters. The summed E-state index contributed by atoms with van der Waals surface area (Å²) < 4.78 is 0. The van der Waals surface area contributed by atoms with E-state index in [4.69, 9.17) is 0 Å². The quantitative estimate of drug-likeness (QED) is 0.636. The van der Waals surface area contributed by atoms with E-state index in [-0.39, 0.29) is 0 Å². The Labute approximate surface area is 101 Å². The van der Waals surface area contributed by atoms with E-state index in [0.717, 1.165) is 24.2 Å². The number of benzene rings is 2. The van der Waals surface area contributed by atoms with Crippen molar-refractivity contribution in [1.82, 2.24) is 0 Å². The van der Waals surface area contributed by atoms with Crippen LogP contribution in [0.2, 0.25) is 0 Å². The number of rotatable bonds is 0. The van der Waals surface area contributed by atoms with Gasteiger partial charge < -0.3 is 0 Å². The minimum absolute atomic E-state index is 0.991. The molecule has 0 unspecified atom stereocenters. The Morgan fingerprint density at radius 2 is 1.29 bits per heavy atom. The van der Waals surface area contributed by atoms with Gasteiger partial charge in [-0.05, 0) is 36.1 Å². The molecular formula is C15H12N2. The largest absolute Gasteiger partial charge is 0.247 e. The third kappa shape index (κ3) is 1.57. The molecule has 1 heterocycles. The topological polar surface area (TPSA) is 27.0 Å². The molecule has 0 N–H and O–H groups in total. The number of hydrogen-bond donors (Lipinski definition) is 0. The minimum atomic E-state index is 0.991. The molecule has 0 saturated carbocycles. The standard InChI is InChI=1S/C15H12N2/c16-11-17-14-7-3-1-5-12(14)9-10-13-6-2-4-8-15(13)17/h1-8H,9-10H2. The second-order valence-electron chi connectivity index (χ2n) is 4.19. The van der Waals surface area contributed by atoms with E-state index in [9.17, 15) is 5.26 Å². The first-order valence-electron chi connectivity index (χ1n) is 5.76. The Hall–Kier alpha value is -2.27. The molecule has 3 rings (SSSR count). The summed E-state index contributed by atoms with van der Waals surface area (Å²) in [7, 11) is 0. The Morgan fingerprint density at radius 1 is 0.824 bits per heavy atom. The van der Waals surface area contributed by atoms with E-state index in [2.05, 4.69) is 18.3 Å². The molecule has 82 valence electrons. The highest BCUT2D eigenvalue weighted by molar-refractivity contribution is 5.74. The van der Waals surface area contributed by atoms with Crippen LogP contribution in [0, 0.1) is 11.5 Å². The van der Waals surface area contributed by atoms with E-state index in [1.165, 1.54) is 11.1 Å². The number of nitrogens with zero attached hydrogens (tertiary/aromatic N) is 2. The molecule has 1 aliphatic heterocycles.